The second-order valence-electron chi connectivity index (χ2n) is 6.24. The van der Waals surface area contributed by atoms with Gasteiger partial charge < -0.3 is 0 Å². The van der Waals surface area contributed by atoms with Gasteiger partial charge in [-0.1, -0.05) is 62.0 Å². The summed E-state index contributed by atoms with van der Waals surface area (Å²) >= 11 is 0. The fourth-order valence-electron chi connectivity index (χ4n) is 2.41. The van der Waals surface area contributed by atoms with Crippen molar-refractivity contribution in [2.24, 2.45) is 5.41 Å². The van der Waals surface area contributed by atoms with Crippen LogP contribution in [0.2, 0.25) is 0 Å². The molecular weight excluding hydrogens is 256 g/mol. The van der Waals surface area contributed by atoms with Crippen molar-refractivity contribution in [3.8, 4) is 0 Å². The maximum atomic E-state index is 10.3. The molecule has 0 atom stereocenters. The third-order valence-corrected chi connectivity index (χ3v) is 3.71. The molecule has 1 rings (SSSR count). The highest BCUT2D eigenvalue weighted by atomic mass is 16.1. The number of rotatable bonds is 5. The highest BCUT2D eigenvalue weighted by Gasteiger charge is 2.23. The quantitative estimate of drug-likeness (QED) is 0.370. The molecule has 0 aromatic rings. The van der Waals surface area contributed by atoms with E-state index < -0.39 is 0 Å². The zero-order chi connectivity index (χ0) is 15.9. The lowest BCUT2D eigenvalue weighted by Crippen LogP contribution is -2.16. The second-order valence-corrected chi connectivity index (χ2v) is 6.24. The maximum absolute atomic E-state index is 10.3. The van der Waals surface area contributed by atoms with Gasteiger partial charge in [-0.05, 0) is 55.4 Å². The molecule has 0 aliphatic heterocycles. The molecule has 0 bridgehead atoms. The molecule has 1 heteroatoms. The van der Waals surface area contributed by atoms with Gasteiger partial charge >= 0.3 is 0 Å². The van der Waals surface area contributed by atoms with E-state index in [-0.39, 0.29) is 5.41 Å². The van der Waals surface area contributed by atoms with Crippen LogP contribution in [0.4, 0.5) is 0 Å². The van der Waals surface area contributed by atoms with Crippen LogP contribution in [0, 0.1) is 5.41 Å². The molecule has 0 saturated carbocycles. The number of aldehydes is 1. The van der Waals surface area contributed by atoms with E-state index in [1.807, 2.05) is 19.1 Å². The topological polar surface area (TPSA) is 17.1 Å². The highest BCUT2D eigenvalue weighted by molar-refractivity contribution is 5.66. The monoisotopic (exact) mass is 282 g/mol. The summed E-state index contributed by atoms with van der Waals surface area (Å²) in [5.41, 5.74) is 5.09. The molecule has 0 spiro atoms. The number of carbonyl (C=O) groups excluding carboxylic acids is 1. The van der Waals surface area contributed by atoms with E-state index in [1.165, 1.54) is 16.7 Å². The summed E-state index contributed by atoms with van der Waals surface area (Å²) in [5.74, 6) is 0. The first-order chi connectivity index (χ1) is 9.86. The molecule has 0 radical (unpaired) electrons. The van der Waals surface area contributed by atoms with Gasteiger partial charge in [-0.25, -0.2) is 0 Å². The smallest absolute Gasteiger partial charge is 0.143 e. The summed E-state index contributed by atoms with van der Waals surface area (Å²) in [4.78, 5) is 10.3. The van der Waals surface area contributed by atoms with Crippen LogP contribution in [0.1, 0.15) is 41.0 Å². The minimum Gasteiger partial charge on any atom is -0.299 e. The Hall–Kier alpha value is -1.89. The van der Waals surface area contributed by atoms with Crippen molar-refractivity contribution >= 4 is 6.29 Å². The second kappa shape index (κ2) is 7.78. The molecule has 0 N–H and O–H groups in total. The molecule has 1 aliphatic carbocycles. The Labute approximate surface area is 129 Å². The van der Waals surface area contributed by atoms with Crippen molar-refractivity contribution in [2.45, 2.75) is 41.0 Å². The van der Waals surface area contributed by atoms with Crippen LogP contribution in [-0.4, -0.2) is 6.29 Å². The summed E-state index contributed by atoms with van der Waals surface area (Å²) in [7, 11) is 0. The van der Waals surface area contributed by atoms with E-state index in [1.54, 1.807) is 6.08 Å². The first-order valence-electron chi connectivity index (χ1n) is 7.40. The largest absolute Gasteiger partial charge is 0.299 e. The third-order valence-electron chi connectivity index (χ3n) is 3.71. The molecule has 0 unspecified atom stereocenters. The number of hydrogen-bond donors (Lipinski definition) is 0. The van der Waals surface area contributed by atoms with Gasteiger partial charge in [0, 0.05) is 0 Å². The van der Waals surface area contributed by atoms with Crippen molar-refractivity contribution in [2.75, 3.05) is 0 Å². The third kappa shape index (κ3) is 5.55. The lowest BCUT2D eigenvalue weighted by atomic mass is 9.75. The van der Waals surface area contributed by atoms with E-state index >= 15 is 0 Å². The molecule has 0 saturated heterocycles. The lowest BCUT2D eigenvalue weighted by molar-refractivity contribution is -0.104. The molecule has 0 heterocycles. The average Bonchev–Trinajstić information content (AvgIpc) is 2.37. The Morgan fingerprint density at radius 3 is 2.43 bits per heavy atom. The van der Waals surface area contributed by atoms with Crippen LogP contribution in [0.15, 0.2) is 70.9 Å². The van der Waals surface area contributed by atoms with Gasteiger partial charge in [0.1, 0.15) is 6.29 Å². The van der Waals surface area contributed by atoms with Crippen LogP contribution < -0.4 is 0 Å². The number of carbonyl (C=O) groups is 1. The Morgan fingerprint density at radius 1 is 1.14 bits per heavy atom. The Bertz CT molecular complexity index is 561. The van der Waals surface area contributed by atoms with E-state index in [0.29, 0.717) is 0 Å². The average molecular weight is 282 g/mol. The summed E-state index contributed by atoms with van der Waals surface area (Å²) < 4.78 is 0. The van der Waals surface area contributed by atoms with Gasteiger partial charge in [0.05, 0.1) is 0 Å². The molecule has 0 aromatic carbocycles. The summed E-state index contributed by atoms with van der Waals surface area (Å²) in [5, 5.41) is 0. The molecule has 1 nitrogen and oxygen atoms in total. The summed E-state index contributed by atoms with van der Waals surface area (Å²) in [6, 6.07) is 0. The summed E-state index contributed by atoms with van der Waals surface area (Å²) in [6.07, 6.45) is 18.3. The van der Waals surface area contributed by atoms with Gasteiger partial charge in [0.25, 0.3) is 0 Å². The molecular formula is C20H26O. The molecule has 0 amide bonds. The predicted molar refractivity (Wildman–Crippen MR) is 92.1 cm³/mol. The zero-order valence-electron chi connectivity index (χ0n) is 13.8. The molecule has 112 valence electrons. The Morgan fingerprint density at radius 2 is 1.81 bits per heavy atom. The summed E-state index contributed by atoms with van der Waals surface area (Å²) in [6.45, 7) is 10.7. The van der Waals surface area contributed by atoms with E-state index in [2.05, 4.69) is 58.1 Å². The van der Waals surface area contributed by atoms with Gasteiger partial charge in [0.2, 0.25) is 0 Å². The first kappa shape index (κ1) is 17.2. The van der Waals surface area contributed by atoms with E-state index in [9.17, 15) is 4.79 Å². The van der Waals surface area contributed by atoms with Crippen molar-refractivity contribution < 1.29 is 4.79 Å². The normalized spacial score (nSPS) is 19.9. The van der Waals surface area contributed by atoms with Crippen molar-refractivity contribution in [3.63, 3.8) is 0 Å². The SMILES string of the molecule is CC1=C(/C=C/C(C)=C\C=C\C(C)=C/C=O)C(C)(C)CC=C1. The van der Waals surface area contributed by atoms with E-state index in [0.717, 1.165) is 18.3 Å². The zero-order valence-corrected chi connectivity index (χ0v) is 13.8. The first-order valence-corrected chi connectivity index (χ1v) is 7.40. The van der Waals surface area contributed by atoms with E-state index in [4.69, 9.17) is 0 Å². The molecule has 0 aromatic heterocycles. The fourth-order valence-corrected chi connectivity index (χ4v) is 2.41. The minimum atomic E-state index is 0.203. The van der Waals surface area contributed by atoms with Crippen molar-refractivity contribution in [3.05, 3.63) is 70.9 Å². The number of allylic oxidation sites excluding steroid dienone is 12. The molecule has 1 aliphatic rings. The Kier molecular flexibility index (Phi) is 6.36. The van der Waals surface area contributed by atoms with Gasteiger partial charge in [-0.3, -0.25) is 4.79 Å². The highest BCUT2D eigenvalue weighted by Crippen LogP contribution is 2.37. The van der Waals surface area contributed by atoms with Gasteiger partial charge in [0.15, 0.2) is 0 Å². The van der Waals surface area contributed by atoms with Crippen LogP contribution in [0.3, 0.4) is 0 Å². The van der Waals surface area contributed by atoms with Crippen LogP contribution in [0.25, 0.3) is 0 Å². The molecule has 21 heavy (non-hydrogen) atoms. The van der Waals surface area contributed by atoms with Crippen molar-refractivity contribution in [1.29, 1.82) is 0 Å². The maximum Gasteiger partial charge on any atom is 0.143 e. The standard InChI is InChI=1S/C20H26O/c1-16(8-6-9-17(2)13-15-21)11-12-19-18(3)10-7-14-20(19,4)5/h6-13,15H,14H2,1-5H3/b9-6+,12-11+,16-8-,17-13-. The number of hydrogen-bond acceptors (Lipinski definition) is 1. The molecule has 0 fully saturated rings. The predicted octanol–water partition coefficient (Wildman–Crippen LogP) is 5.49. The minimum absolute atomic E-state index is 0.203. The van der Waals surface area contributed by atoms with Crippen molar-refractivity contribution in [1.82, 2.24) is 0 Å². The van der Waals surface area contributed by atoms with Gasteiger partial charge in [-0.2, -0.15) is 0 Å². The van der Waals surface area contributed by atoms with Crippen LogP contribution in [0.5, 0.6) is 0 Å². The van der Waals surface area contributed by atoms with Crippen LogP contribution >= 0.6 is 0 Å². The van der Waals surface area contributed by atoms with Crippen LogP contribution in [-0.2, 0) is 4.79 Å². The van der Waals surface area contributed by atoms with Gasteiger partial charge in [-0.15, -0.1) is 0 Å². The Balaban J connectivity index is 2.82. The lowest BCUT2D eigenvalue weighted by Gasteiger charge is -2.29. The fraction of sp³-hybridized carbons (Fsp3) is 0.350.